The van der Waals surface area contributed by atoms with E-state index in [0.717, 1.165) is 17.8 Å². The van der Waals surface area contributed by atoms with Crippen molar-refractivity contribution in [2.75, 3.05) is 13.2 Å². The summed E-state index contributed by atoms with van der Waals surface area (Å²) in [4.78, 5) is 0. The van der Waals surface area contributed by atoms with Crippen molar-refractivity contribution < 1.29 is 4.74 Å². The molecular weight excluding hydrogens is 176 g/mol. The van der Waals surface area contributed by atoms with E-state index in [1.165, 1.54) is 0 Å². The molecule has 1 heterocycles. The molecule has 1 aromatic carbocycles. The molecule has 70 valence electrons. The minimum Gasteiger partial charge on any atom is -0.497 e. The number of nitriles is 1. The van der Waals surface area contributed by atoms with Gasteiger partial charge in [-0.3, -0.25) is 0 Å². The van der Waals surface area contributed by atoms with E-state index in [2.05, 4.69) is 11.4 Å². The van der Waals surface area contributed by atoms with Crippen molar-refractivity contribution in [2.24, 2.45) is 0 Å². The molecule has 1 N–H and O–H groups in total. The summed E-state index contributed by atoms with van der Waals surface area (Å²) in [5.41, 5.74) is 2.69. The Bertz CT molecular complexity index is 387. The van der Waals surface area contributed by atoms with Crippen molar-refractivity contribution in [1.82, 2.24) is 5.32 Å². The van der Waals surface area contributed by atoms with Crippen LogP contribution in [0.25, 0.3) is 5.70 Å². The van der Waals surface area contributed by atoms with Crippen LogP contribution in [0.5, 0.6) is 0 Å². The first kappa shape index (κ1) is 8.64. The van der Waals surface area contributed by atoms with Gasteiger partial charge in [-0.25, -0.2) is 0 Å². The number of hydrogen-bond acceptors (Lipinski definition) is 3. The Morgan fingerprint density at radius 1 is 1.29 bits per heavy atom. The van der Waals surface area contributed by atoms with Gasteiger partial charge in [0.25, 0.3) is 0 Å². The van der Waals surface area contributed by atoms with Crippen LogP contribution in [-0.4, -0.2) is 13.2 Å². The Morgan fingerprint density at radius 2 is 2.07 bits per heavy atom. The van der Waals surface area contributed by atoms with Gasteiger partial charge in [0.15, 0.2) is 0 Å². The third kappa shape index (κ3) is 1.69. The first-order valence-electron chi connectivity index (χ1n) is 4.46. The molecule has 1 aromatic rings. The van der Waals surface area contributed by atoms with Gasteiger partial charge in [-0.1, -0.05) is 12.1 Å². The topological polar surface area (TPSA) is 45.0 Å². The number of hydrogen-bond donors (Lipinski definition) is 1. The van der Waals surface area contributed by atoms with Crippen LogP contribution in [0.4, 0.5) is 0 Å². The molecule has 0 bridgehead atoms. The highest BCUT2D eigenvalue weighted by Gasteiger charge is 2.05. The molecule has 0 unspecified atom stereocenters. The van der Waals surface area contributed by atoms with Gasteiger partial charge >= 0.3 is 0 Å². The third-order valence-corrected chi connectivity index (χ3v) is 2.06. The maximum Gasteiger partial charge on any atom is 0.107 e. The molecule has 1 aliphatic heterocycles. The van der Waals surface area contributed by atoms with Crippen LogP contribution in [0.15, 0.2) is 30.5 Å². The molecule has 0 saturated carbocycles. The average Bonchev–Trinajstić information content (AvgIpc) is 2.30. The smallest absolute Gasteiger partial charge is 0.107 e. The summed E-state index contributed by atoms with van der Waals surface area (Å²) >= 11 is 0. The van der Waals surface area contributed by atoms with E-state index in [-0.39, 0.29) is 0 Å². The van der Waals surface area contributed by atoms with Crippen molar-refractivity contribution in [3.8, 4) is 6.07 Å². The number of ether oxygens (including phenoxy) is 1. The van der Waals surface area contributed by atoms with E-state index in [4.69, 9.17) is 10.00 Å². The maximum atomic E-state index is 8.63. The van der Waals surface area contributed by atoms with Crippen LogP contribution in [0.3, 0.4) is 0 Å². The highest BCUT2D eigenvalue weighted by atomic mass is 16.5. The van der Waals surface area contributed by atoms with E-state index in [9.17, 15) is 0 Å². The summed E-state index contributed by atoms with van der Waals surface area (Å²) in [6.45, 7) is 1.53. The molecule has 1 aliphatic rings. The second-order valence-electron chi connectivity index (χ2n) is 3.02. The zero-order valence-electron chi connectivity index (χ0n) is 7.66. The number of benzene rings is 1. The Kier molecular flexibility index (Phi) is 2.37. The lowest BCUT2D eigenvalue weighted by molar-refractivity contribution is 0.241. The van der Waals surface area contributed by atoms with Crippen molar-refractivity contribution in [2.45, 2.75) is 0 Å². The molecule has 0 aliphatic carbocycles. The number of nitrogens with zero attached hydrogens (tertiary/aromatic N) is 1. The predicted octanol–water partition coefficient (Wildman–Crippen LogP) is 1.48. The standard InChI is InChI=1S/C11H10N2O/c12-7-9-1-3-10(4-2-9)11-8-14-6-5-13-11/h1-4,8,13H,5-6H2. The maximum absolute atomic E-state index is 8.63. The first-order chi connectivity index (χ1) is 6.90. The Balaban J connectivity index is 2.25. The summed E-state index contributed by atoms with van der Waals surface area (Å²) in [6, 6.07) is 9.50. The molecule has 14 heavy (non-hydrogen) atoms. The predicted molar refractivity (Wildman–Crippen MR) is 53.1 cm³/mol. The molecule has 0 radical (unpaired) electrons. The minimum atomic E-state index is 0.672. The Labute approximate surface area is 82.6 Å². The molecule has 0 saturated heterocycles. The van der Waals surface area contributed by atoms with Crippen molar-refractivity contribution >= 4 is 5.70 Å². The van der Waals surface area contributed by atoms with Gasteiger partial charge in [-0.2, -0.15) is 5.26 Å². The average molecular weight is 186 g/mol. The number of nitrogens with one attached hydrogen (secondary N) is 1. The van der Waals surface area contributed by atoms with E-state index in [1.54, 1.807) is 18.4 Å². The molecule has 0 aromatic heterocycles. The summed E-state index contributed by atoms with van der Waals surface area (Å²) in [7, 11) is 0. The van der Waals surface area contributed by atoms with Crippen LogP contribution in [-0.2, 0) is 4.74 Å². The summed E-state index contributed by atoms with van der Waals surface area (Å²) < 4.78 is 5.20. The Morgan fingerprint density at radius 3 is 2.64 bits per heavy atom. The molecule has 0 spiro atoms. The second kappa shape index (κ2) is 3.84. The molecule has 0 fully saturated rings. The van der Waals surface area contributed by atoms with Crippen molar-refractivity contribution in [3.63, 3.8) is 0 Å². The Hall–Kier alpha value is -1.95. The quantitative estimate of drug-likeness (QED) is 0.722. The lowest BCUT2D eigenvalue weighted by atomic mass is 10.1. The summed E-state index contributed by atoms with van der Waals surface area (Å²) in [6.07, 6.45) is 1.71. The first-order valence-corrected chi connectivity index (χ1v) is 4.46. The molecule has 0 atom stereocenters. The molecule has 0 amide bonds. The van der Waals surface area contributed by atoms with Crippen LogP contribution in [0.2, 0.25) is 0 Å². The largest absolute Gasteiger partial charge is 0.497 e. The monoisotopic (exact) mass is 186 g/mol. The van der Waals surface area contributed by atoms with Gasteiger partial charge in [-0.05, 0) is 12.1 Å². The van der Waals surface area contributed by atoms with Gasteiger partial charge in [-0.15, -0.1) is 0 Å². The van der Waals surface area contributed by atoms with Crippen LogP contribution in [0.1, 0.15) is 11.1 Å². The van der Waals surface area contributed by atoms with Crippen LogP contribution in [0, 0.1) is 11.3 Å². The van der Waals surface area contributed by atoms with Gasteiger partial charge in [0.2, 0.25) is 0 Å². The highest BCUT2D eigenvalue weighted by Crippen LogP contribution is 2.14. The minimum absolute atomic E-state index is 0.672. The van der Waals surface area contributed by atoms with E-state index in [0.29, 0.717) is 12.2 Å². The second-order valence-corrected chi connectivity index (χ2v) is 3.02. The fourth-order valence-corrected chi connectivity index (χ4v) is 1.32. The third-order valence-electron chi connectivity index (χ3n) is 2.06. The van der Waals surface area contributed by atoms with Crippen molar-refractivity contribution in [1.29, 1.82) is 5.26 Å². The molecule has 3 heteroatoms. The van der Waals surface area contributed by atoms with Crippen molar-refractivity contribution in [3.05, 3.63) is 41.7 Å². The normalized spacial score (nSPS) is 14.6. The van der Waals surface area contributed by atoms with E-state index >= 15 is 0 Å². The zero-order valence-corrected chi connectivity index (χ0v) is 7.66. The lowest BCUT2D eigenvalue weighted by Crippen LogP contribution is -2.22. The van der Waals surface area contributed by atoms with Gasteiger partial charge in [0, 0.05) is 12.1 Å². The summed E-state index contributed by atoms with van der Waals surface area (Å²) in [5.74, 6) is 0. The zero-order chi connectivity index (χ0) is 9.80. The summed E-state index contributed by atoms with van der Waals surface area (Å²) in [5, 5.41) is 11.9. The van der Waals surface area contributed by atoms with E-state index in [1.807, 2.05) is 12.1 Å². The molecular formula is C11H10N2O. The van der Waals surface area contributed by atoms with Gasteiger partial charge in [0.1, 0.15) is 12.9 Å². The fraction of sp³-hybridized carbons (Fsp3) is 0.182. The van der Waals surface area contributed by atoms with Gasteiger partial charge < -0.3 is 10.1 Å². The van der Waals surface area contributed by atoms with E-state index < -0.39 is 0 Å². The fourth-order valence-electron chi connectivity index (χ4n) is 1.32. The number of rotatable bonds is 1. The lowest BCUT2D eigenvalue weighted by Gasteiger charge is -2.16. The van der Waals surface area contributed by atoms with Crippen LogP contribution < -0.4 is 5.32 Å². The molecule has 3 nitrogen and oxygen atoms in total. The van der Waals surface area contributed by atoms with Gasteiger partial charge in [0.05, 0.1) is 17.3 Å². The SMILES string of the molecule is N#Cc1ccc(C2=COCCN2)cc1. The van der Waals surface area contributed by atoms with Crippen LogP contribution >= 0.6 is 0 Å². The molecule has 2 rings (SSSR count). The highest BCUT2D eigenvalue weighted by molar-refractivity contribution is 5.64.